The third-order valence-corrected chi connectivity index (χ3v) is 4.98. The van der Waals surface area contributed by atoms with Crippen LogP contribution in [0.1, 0.15) is 37.9 Å². The van der Waals surface area contributed by atoms with Gasteiger partial charge < -0.3 is 20.0 Å². The van der Waals surface area contributed by atoms with Crippen LogP contribution in [-0.2, 0) is 11.5 Å². The Bertz CT molecular complexity index is 525. The van der Waals surface area contributed by atoms with Crippen LogP contribution in [0.2, 0.25) is 0 Å². The lowest BCUT2D eigenvalue weighted by molar-refractivity contribution is 0.186. The summed E-state index contributed by atoms with van der Waals surface area (Å²) in [4.78, 5) is 13.6. The minimum Gasteiger partial charge on any atom is -0.393 e. The van der Waals surface area contributed by atoms with Crippen molar-refractivity contribution in [3.8, 4) is 0 Å². The van der Waals surface area contributed by atoms with E-state index >= 15 is 0 Å². The topological polar surface area (TPSA) is 72.7 Å². The van der Waals surface area contributed by atoms with E-state index in [1.165, 1.54) is 5.56 Å². The van der Waals surface area contributed by atoms with E-state index in [0.717, 1.165) is 42.5 Å². The van der Waals surface area contributed by atoms with Gasteiger partial charge in [-0.3, -0.25) is 0 Å². The first kappa shape index (κ1) is 18.3. The highest BCUT2D eigenvalue weighted by molar-refractivity contribution is 7.98. The van der Waals surface area contributed by atoms with Crippen molar-refractivity contribution >= 4 is 23.5 Å². The molecule has 0 bridgehead atoms. The molecule has 0 aromatic carbocycles. The van der Waals surface area contributed by atoms with Crippen LogP contribution in [0.15, 0.2) is 0 Å². The Morgan fingerprint density at radius 1 is 1.00 bits per heavy atom. The van der Waals surface area contributed by atoms with Gasteiger partial charge in [-0.15, -0.1) is 0 Å². The summed E-state index contributed by atoms with van der Waals surface area (Å²) in [5.74, 6) is 3.55. The standard InChI is InChI=1S/C16H28N4O2S/c1-11(21)5-7-19(3)15-13-9-23-10-14(13)17-16(18-15)20(4)8-6-12(2)22/h11-12,21-22H,5-10H2,1-4H3. The first-order chi connectivity index (χ1) is 10.9. The van der Waals surface area contributed by atoms with Gasteiger partial charge in [0.05, 0.1) is 17.9 Å². The summed E-state index contributed by atoms with van der Waals surface area (Å²) in [6.07, 6.45) is 0.777. The van der Waals surface area contributed by atoms with Crippen LogP contribution in [0.3, 0.4) is 0 Å². The largest absolute Gasteiger partial charge is 0.393 e. The summed E-state index contributed by atoms with van der Waals surface area (Å²) in [6, 6.07) is 0. The zero-order valence-corrected chi connectivity index (χ0v) is 15.3. The van der Waals surface area contributed by atoms with E-state index in [1.54, 1.807) is 6.92 Å². The van der Waals surface area contributed by atoms with Gasteiger partial charge in [-0.25, -0.2) is 4.98 Å². The van der Waals surface area contributed by atoms with Crippen LogP contribution in [0, 0.1) is 0 Å². The summed E-state index contributed by atoms with van der Waals surface area (Å²) >= 11 is 1.86. The molecular weight excluding hydrogens is 312 g/mol. The summed E-state index contributed by atoms with van der Waals surface area (Å²) in [5, 5.41) is 19.0. The van der Waals surface area contributed by atoms with Gasteiger partial charge >= 0.3 is 0 Å². The third kappa shape index (κ3) is 4.96. The van der Waals surface area contributed by atoms with E-state index in [-0.39, 0.29) is 12.2 Å². The molecule has 0 saturated heterocycles. The molecule has 6 nitrogen and oxygen atoms in total. The lowest BCUT2D eigenvalue weighted by Gasteiger charge is -2.24. The molecule has 0 saturated carbocycles. The fourth-order valence-electron chi connectivity index (χ4n) is 2.47. The number of fused-ring (bicyclic) bond motifs is 1. The Balaban J connectivity index is 2.20. The second kappa shape index (κ2) is 8.17. The minimum atomic E-state index is -0.324. The van der Waals surface area contributed by atoms with E-state index in [1.807, 2.05) is 37.7 Å². The van der Waals surface area contributed by atoms with E-state index in [9.17, 15) is 10.2 Å². The molecule has 1 aliphatic heterocycles. The van der Waals surface area contributed by atoms with Gasteiger partial charge in [0.2, 0.25) is 5.95 Å². The molecule has 2 atom stereocenters. The second-order valence-corrected chi connectivity index (χ2v) is 7.37. The molecule has 7 heteroatoms. The summed E-state index contributed by atoms with van der Waals surface area (Å²) in [7, 11) is 3.99. The number of nitrogens with zero attached hydrogens (tertiary/aromatic N) is 4. The minimum absolute atomic E-state index is 0.310. The van der Waals surface area contributed by atoms with Crippen LogP contribution in [-0.4, -0.2) is 59.6 Å². The molecule has 1 aromatic heterocycles. The average Bonchev–Trinajstić information content (AvgIpc) is 2.97. The highest BCUT2D eigenvalue weighted by atomic mass is 32.2. The first-order valence-corrected chi connectivity index (χ1v) is 9.30. The molecular formula is C16H28N4O2S. The van der Waals surface area contributed by atoms with Crippen molar-refractivity contribution < 1.29 is 10.2 Å². The van der Waals surface area contributed by atoms with Gasteiger partial charge in [0, 0.05) is 44.3 Å². The van der Waals surface area contributed by atoms with Crippen molar-refractivity contribution in [1.29, 1.82) is 0 Å². The Morgan fingerprint density at radius 3 is 2.22 bits per heavy atom. The van der Waals surface area contributed by atoms with E-state index in [2.05, 4.69) is 4.90 Å². The van der Waals surface area contributed by atoms with Crippen LogP contribution in [0.4, 0.5) is 11.8 Å². The molecule has 2 heterocycles. The monoisotopic (exact) mass is 340 g/mol. The molecule has 0 aliphatic carbocycles. The normalized spacial score (nSPS) is 16.1. The van der Waals surface area contributed by atoms with Crippen LogP contribution in [0.5, 0.6) is 0 Å². The quantitative estimate of drug-likeness (QED) is 0.745. The fourth-order valence-corrected chi connectivity index (χ4v) is 3.51. The van der Waals surface area contributed by atoms with Gasteiger partial charge in [0.25, 0.3) is 0 Å². The van der Waals surface area contributed by atoms with Crippen LogP contribution in [0.25, 0.3) is 0 Å². The Hall–Kier alpha value is -1.05. The number of hydrogen-bond donors (Lipinski definition) is 2. The molecule has 2 unspecified atom stereocenters. The Labute approximate surface area is 142 Å². The van der Waals surface area contributed by atoms with Gasteiger partial charge in [-0.2, -0.15) is 16.7 Å². The number of aliphatic hydroxyl groups is 2. The number of hydrogen-bond acceptors (Lipinski definition) is 7. The zero-order valence-electron chi connectivity index (χ0n) is 14.5. The highest BCUT2D eigenvalue weighted by Crippen LogP contribution is 2.35. The van der Waals surface area contributed by atoms with Crippen molar-refractivity contribution in [3.05, 3.63) is 11.3 Å². The maximum absolute atomic E-state index is 9.51. The SMILES string of the molecule is CC(O)CCN(C)c1nc2c(c(N(C)CCC(C)O)n1)CSC2. The number of aliphatic hydroxyl groups excluding tert-OH is 2. The van der Waals surface area contributed by atoms with Gasteiger partial charge in [0.1, 0.15) is 5.82 Å². The molecule has 0 fully saturated rings. The molecule has 0 radical (unpaired) electrons. The second-order valence-electron chi connectivity index (χ2n) is 6.38. The van der Waals surface area contributed by atoms with E-state index in [4.69, 9.17) is 9.97 Å². The molecule has 0 spiro atoms. The first-order valence-electron chi connectivity index (χ1n) is 8.14. The number of thioether (sulfide) groups is 1. The number of anilines is 2. The molecule has 1 aliphatic rings. The lowest BCUT2D eigenvalue weighted by Crippen LogP contribution is -2.28. The molecule has 2 N–H and O–H groups in total. The predicted octanol–water partition coefficient (Wildman–Crippen LogP) is 1.64. The zero-order chi connectivity index (χ0) is 17.0. The molecule has 130 valence electrons. The van der Waals surface area contributed by atoms with Crippen molar-refractivity contribution in [2.75, 3.05) is 37.0 Å². The number of rotatable bonds is 8. The maximum Gasteiger partial charge on any atom is 0.227 e. The smallest absolute Gasteiger partial charge is 0.227 e. The summed E-state index contributed by atoms with van der Waals surface area (Å²) in [5.41, 5.74) is 2.33. The van der Waals surface area contributed by atoms with Gasteiger partial charge in [-0.1, -0.05) is 0 Å². The molecule has 2 rings (SSSR count). The number of aromatic nitrogens is 2. The fraction of sp³-hybridized carbons (Fsp3) is 0.750. The highest BCUT2D eigenvalue weighted by Gasteiger charge is 2.23. The van der Waals surface area contributed by atoms with Crippen molar-refractivity contribution in [2.45, 2.75) is 50.4 Å². The Kier molecular flexibility index (Phi) is 6.50. The van der Waals surface area contributed by atoms with Gasteiger partial charge in [-0.05, 0) is 26.7 Å². The van der Waals surface area contributed by atoms with Crippen molar-refractivity contribution in [3.63, 3.8) is 0 Å². The van der Waals surface area contributed by atoms with Gasteiger partial charge in [0.15, 0.2) is 0 Å². The molecule has 0 amide bonds. The van der Waals surface area contributed by atoms with Crippen LogP contribution >= 0.6 is 11.8 Å². The third-order valence-electron chi connectivity index (χ3n) is 4.01. The van der Waals surface area contributed by atoms with Crippen molar-refractivity contribution in [1.82, 2.24) is 9.97 Å². The van der Waals surface area contributed by atoms with Crippen molar-refractivity contribution in [2.24, 2.45) is 0 Å². The molecule has 1 aromatic rings. The summed E-state index contributed by atoms with van der Waals surface area (Å²) < 4.78 is 0. The molecule has 23 heavy (non-hydrogen) atoms. The van der Waals surface area contributed by atoms with E-state index in [0.29, 0.717) is 12.4 Å². The lowest BCUT2D eigenvalue weighted by atomic mass is 10.2. The van der Waals surface area contributed by atoms with Crippen LogP contribution < -0.4 is 9.80 Å². The Morgan fingerprint density at radius 2 is 1.61 bits per heavy atom. The maximum atomic E-state index is 9.51. The predicted molar refractivity (Wildman–Crippen MR) is 96.2 cm³/mol. The summed E-state index contributed by atoms with van der Waals surface area (Å²) in [6.45, 7) is 5.09. The van der Waals surface area contributed by atoms with E-state index < -0.39 is 0 Å². The average molecular weight is 340 g/mol.